The molecule has 0 saturated heterocycles. The van der Waals surface area contributed by atoms with Gasteiger partial charge in [0.1, 0.15) is 0 Å². The van der Waals surface area contributed by atoms with Gasteiger partial charge in [-0.1, -0.05) is 12.8 Å². The summed E-state index contributed by atoms with van der Waals surface area (Å²) in [6.45, 7) is 2.79. The number of rotatable bonds is 0. The van der Waals surface area contributed by atoms with Crippen molar-refractivity contribution in [3.8, 4) is 47.9 Å². The van der Waals surface area contributed by atoms with Crippen LogP contribution in [-0.4, -0.2) is 6.18 Å². The van der Waals surface area contributed by atoms with Gasteiger partial charge in [-0.05, 0) is 42.4 Å². The first-order valence-electron chi connectivity index (χ1n) is 3.92. The molecule has 0 bridgehead atoms. The predicted molar refractivity (Wildman–Crippen MR) is 54.2 cm³/mol. The summed E-state index contributed by atoms with van der Waals surface area (Å²) in [5.41, 5.74) is 0. The van der Waals surface area contributed by atoms with Gasteiger partial charge in [0.15, 0.2) is 0 Å². The normalized spacial score (nSPS) is 6.93. The Labute approximate surface area is 88.3 Å². The van der Waals surface area contributed by atoms with E-state index in [4.69, 9.17) is 6.42 Å². The monoisotopic (exact) mass is 210 g/mol. The zero-order valence-electron chi connectivity index (χ0n) is 8.42. The molecule has 0 aliphatic heterocycles. The topological polar surface area (TPSA) is 0 Å². The standard InChI is InChI=1S/C9H4.C3H5F3/c1-3-5-7-9-8-6-4-2;1-2-3(4,5)6/h1H,2H3;2H2,1H3. The molecule has 0 aromatic carbocycles. The molecule has 0 aliphatic carbocycles. The van der Waals surface area contributed by atoms with Crippen molar-refractivity contribution in [2.75, 3.05) is 0 Å². The highest BCUT2D eigenvalue weighted by Gasteiger charge is 2.22. The molecular weight excluding hydrogens is 201 g/mol. The summed E-state index contributed by atoms with van der Waals surface area (Å²) in [6.07, 6.45) is 0.128. The van der Waals surface area contributed by atoms with E-state index < -0.39 is 12.6 Å². The van der Waals surface area contributed by atoms with Crippen molar-refractivity contribution in [2.24, 2.45) is 0 Å². The Balaban J connectivity index is 0. The van der Waals surface area contributed by atoms with Gasteiger partial charge in [-0.15, -0.1) is 6.42 Å². The third-order valence-corrected chi connectivity index (χ3v) is 0.848. The predicted octanol–water partition coefficient (Wildman–Crippen LogP) is 2.61. The first kappa shape index (κ1) is 15.5. The highest BCUT2D eigenvalue weighted by Crippen LogP contribution is 2.17. The van der Waals surface area contributed by atoms with Crippen LogP contribution >= 0.6 is 0 Å². The Morgan fingerprint density at radius 1 is 1.00 bits per heavy atom. The van der Waals surface area contributed by atoms with Gasteiger partial charge in [0, 0.05) is 6.42 Å². The molecule has 0 unspecified atom stereocenters. The summed E-state index contributed by atoms with van der Waals surface area (Å²) in [5.74, 6) is 17.0. The van der Waals surface area contributed by atoms with E-state index in [1.165, 1.54) is 0 Å². The van der Waals surface area contributed by atoms with Crippen molar-refractivity contribution in [3.63, 3.8) is 0 Å². The van der Waals surface area contributed by atoms with E-state index in [0.29, 0.717) is 0 Å². The maximum Gasteiger partial charge on any atom is 0.388 e. The maximum absolute atomic E-state index is 10.8. The highest BCUT2D eigenvalue weighted by molar-refractivity contribution is 5.38. The van der Waals surface area contributed by atoms with E-state index in [1.807, 2.05) is 0 Å². The average Bonchev–Trinajstić information content (AvgIpc) is 2.18. The fourth-order valence-electron chi connectivity index (χ4n) is 0.192. The largest absolute Gasteiger partial charge is 0.388 e. The molecule has 0 aromatic rings. The quantitative estimate of drug-likeness (QED) is 0.539. The van der Waals surface area contributed by atoms with Gasteiger partial charge in [-0.25, -0.2) is 0 Å². The third kappa shape index (κ3) is 24.5. The molecule has 15 heavy (non-hydrogen) atoms. The molecule has 0 N–H and O–H groups in total. The maximum atomic E-state index is 10.8. The smallest absolute Gasteiger partial charge is 0.171 e. The van der Waals surface area contributed by atoms with Gasteiger partial charge >= 0.3 is 6.18 Å². The summed E-state index contributed by atoms with van der Waals surface area (Å²) in [7, 11) is 0. The number of alkyl halides is 3. The average molecular weight is 210 g/mol. The van der Waals surface area contributed by atoms with E-state index in [0.717, 1.165) is 6.92 Å². The zero-order chi connectivity index (χ0) is 12.2. The van der Waals surface area contributed by atoms with E-state index in [1.54, 1.807) is 6.92 Å². The molecular formula is C12H9F3. The van der Waals surface area contributed by atoms with Crippen LogP contribution in [0.2, 0.25) is 0 Å². The van der Waals surface area contributed by atoms with Crippen molar-refractivity contribution < 1.29 is 13.2 Å². The van der Waals surface area contributed by atoms with Crippen molar-refractivity contribution in [2.45, 2.75) is 26.4 Å². The van der Waals surface area contributed by atoms with Crippen LogP contribution in [-0.2, 0) is 0 Å². The molecule has 78 valence electrons. The van der Waals surface area contributed by atoms with Crippen molar-refractivity contribution in [3.05, 3.63) is 0 Å². The van der Waals surface area contributed by atoms with Crippen LogP contribution in [0.25, 0.3) is 0 Å². The summed E-state index contributed by atoms with van der Waals surface area (Å²) in [5, 5.41) is 0. The second-order valence-corrected chi connectivity index (χ2v) is 1.99. The van der Waals surface area contributed by atoms with Gasteiger partial charge in [-0.3, -0.25) is 0 Å². The molecule has 0 amide bonds. The van der Waals surface area contributed by atoms with E-state index >= 15 is 0 Å². The molecule has 0 aromatic heterocycles. The minimum atomic E-state index is -3.96. The lowest BCUT2D eigenvalue weighted by Crippen LogP contribution is -2.02. The Morgan fingerprint density at radius 3 is 1.73 bits per heavy atom. The highest BCUT2D eigenvalue weighted by atomic mass is 19.4. The van der Waals surface area contributed by atoms with Crippen LogP contribution in [0.15, 0.2) is 0 Å². The van der Waals surface area contributed by atoms with Crippen LogP contribution in [0.1, 0.15) is 20.3 Å². The van der Waals surface area contributed by atoms with Gasteiger partial charge in [-0.2, -0.15) is 13.2 Å². The Morgan fingerprint density at radius 2 is 1.40 bits per heavy atom. The summed E-state index contributed by atoms with van der Waals surface area (Å²) < 4.78 is 32.4. The SMILES string of the molecule is C#CC#CC#CC#CC.CCC(F)(F)F. The molecule has 0 spiro atoms. The Hall–Kier alpha value is -1.97. The first-order chi connectivity index (χ1) is 6.97. The van der Waals surface area contributed by atoms with Crippen molar-refractivity contribution in [1.29, 1.82) is 0 Å². The van der Waals surface area contributed by atoms with Gasteiger partial charge < -0.3 is 0 Å². The van der Waals surface area contributed by atoms with E-state index in [2.05, 4.69) is 41.4 Å². The molecule has 0 atom stereocenters. The third-order valence-electron chi connectivity index (χ3n) is 0.848. The number of terminal acetylenes is 1. The lowest BCUT2D eigenvalue weighted by atomic mass is 10.5. The van der Waals surface area contributed by atoms with E-state index in [9.17, 15) is 13.2 Å². The van der Waals surface area contributed by atoms with Crippen LogP contribution in [0.4, 0.5) is 13.2 Å². The molecule has 3 heteroatoms. The van der Waals surface area contributed by atoms with Crippen LogP contribution < -0.4 is 0 Å². The molecule has 0 nitrogen and oxygen atoms in total. The number of hydrogen-bond donors (Lipinski definition) is 0. The summed E-state index contributed by atoms with van der Waals surface area (Å²) >= 11 is 0. The van der Waals surface area contributed by atoms with Crippen LogP contribution in [0.5, 0.6) is 0 Å². The second kappa shape index (κ2) is 10.1. The van der Waals surface area contributed by atoms with Crippen molar-refractivity contribution in [1.82, 2.24) is 0 Å². The van der Waals surface area contributed by atoms with Crippen LogP contribution in [0, 0.1) is 47.9 Å². The Bertz CT molecular complexity index is 375. The minimum absolute atomic E-state index is 0.729. The molecule has 0 rings (SSSR count). The second-order valence-electron chi connectivity index (χ2n) is 1.99. The van der Waals surface area contributed by atoms with Gasteiger partial charge in [0.2, 0.25) is 0 Å². The number of hydrogen-bond acceptors (Lipinski definition) is 0. The molecule has 0 aliphatic rings. The molecule has 0 radical (unpaired) electrons. The minimum Gasteiger partial charge on any atom is -0.171 e. The fraction of sp³-hybridized carbons (Fsp3) is 0.333. The lowest BCUT2D eigenvalue weighted by molar-refractivity contribution is -0.130. The van der Waals surface area contributed by atoms with E-state index in [-0.39, 0.29) is 0 Å². The lowest BCUT2D eigenvalue weighted by Gasteiger charge is -1.96. The molecule has 0 fully saturated rings. The van der Waals surface area contributed by atoms with Crippen molar-refractivity contribution >= 4 is 0 Å². The summed E-state index contributed by atoms with van der Waals surface area (Å²) in [4.78, 5) is 0. The van der Waals surface area contributed by atoms with Gasteiger partial charge in [0.25, 0.3) is 0 Å². The fourth-order valence-corrected chi connectivity index (χ4v) is 0.192. The summed E-state index contributed by atoms with van der Waals surface area (Å²) in [6, 6.07) is 0. The zero-order valence-corrected chi connectivity index (χ0v) is 8.42. The first-order valence-corrected chi connectivity index (χ1v) is 3.92. The molecule has 0 heterocycles. The number of halogens is 3. The Kier molecular flexibility index (Phi) is 10.5. The van der Waals surface area contributed by atoms with Gasteiger partial charge in [0.05, 0.1) is 0 Å². The molecule has 0 saturated carbocycles. The van der Waals surface area contributed by atoms with Crippen LogP contribution in [0.3, 0.4) is 0 Å².